The minimum atomic E-state index is -4.22. The molecule has 2 amide bonds. The number of amides is 2. The Morgan fingerprint density at radius 2 is 1.62 bits per heavy atom. The van der Waals surface area contributed by atoms with Crippen molar-refractivity contribution >= 4 is 39.1 Å². The Bertz CT molecular complexity index is 1320. The van der Waals surface area contributed by atoms with Crippen LogP contribution in [0.1, 0.15) is 18.9 Å². The molecule has 0 aliphatic carbocycles. The molecule has 3 rings (SSSR count). The third kappa shape index (κ3) is 6.61. The summed E-state index contributed by atoms with van der Waals surface area (Å²) in [6.45, 7) is 1.34. The monoisotopic (exact) mass is 543 g/mol. The van der Waals surface area contributed by atoms with Crippen LogP contribution < -0.4 is 14.4 Å². The number of anilines is 1. The number of halogens is 1. The van der Waals surface area contributed by atoms with Crippen molar-refractivity contribution in [1.82, 2.24) is 10.2 Å². The largest absolute Gasteiger partial charge is 0.495 e. The molecular weight excluding hydrogens is 514 g/mol. The Balaban J connectivity index is 2.11. The Morgan fingerprint density at radius 1 is 1.00 bits per heavy atom. The van der Waals surface area contributed by atoms with Gasteiger partial charge in [-0.15, -0.1) is 0 Å². The first-order chi connectivity index (χ1) is 17.7. The summed E-state index contributed by atoms with van der Waals surface area (Å²) in [5, 5.41) is 2.87. The van der Waals surface area contributed by atoms with E-state index in [2.05, 4.69) is 5.32 Å². The highest BCUT2D eigenvalue weighted by Crippen LogP contribution is 2.35. The van der Waals surface area contributed by atoms with Gasteiger partial charge in [0.25, 0.3) is 10.0 Å². The van der Waals surface area contributed by atoms with Crippen molar-refractivity contribution in [3.05, 3.63) is 89.4 Å². The summed E-state index contributed by atoms with van der Waals surface area (Å²) in [6, 6.07) is 20.7. The van der Waals surface area contributed by atoms with E-state index in [1.807, 2.05) is 30.3 Å². The minimum absolute atomic E-state index is 0.00205. The number of benzene rings is 3. The SMILES string of the molecule is CCC(C(=O)NC)N(Cc1ccccc1)C(=O)CN(c1cc(Cl)ccc1OC)S(=O)(=O)c1ccccc1. The predicted molar refractivity (Wildman–Crippen MR) is 144 cm³/mol. The molecular formula is C27H30ClN3O5S. The number of methoxy groups -OCH3 is 1. The van der Waals surface area contributed by atoms with Crippen LogP contribution >= 0.6 is 11.6 Å². The second kappa shape index (κ2) is 12.6. The van der Waals surface area contributed by atoms with Gasteiger partial charge in [-0.05, 0) is 42.3 Å². The molecule has 37 heavy (non-hydrogen) atoms. The van der Waals surface area contributed by atoms with E-state index in [0.717, 1.165) is 9.87 Å². The maximum absolute atomic E-state index is 13.9. The van der Waals surface area contributed by atoms with Crippen LogP contribution in [0.3, 0.4) is 0 Å². The first-order valence-corrected chi connectivity index (χ1v) is 13.5. The number of carbonyl (C=O) groups excluding carboxylic acids is 2. The molecule has 0 saturated heterocycles. The average molecular weight is 544 g/mol. The van der Waals surface area contributed by atoms with Gasteiger partial charge in [0.2, 0.25) is 11.8 Å². The molecule has 3 aromatic rings. The van der Waals surface area contributed by atoms with Gasteiger partial charge in [0, 0.05) is 18.6 Å². The highest BCUT2D eigenvalue weighted by atomic mass is 35.5. The molecule has 0 spiro atoms. The van der Waals surface area contributed by atoms with E-state index in [1.165, 1.54) is 43.3 Å². The summed E-state index contributed by atoms with van der Waals surface area (Å²) in [5.41, 5.74) is 0.913. The molecule has 0 aliphatic rings. The lowest BCUT2D eigenvalue weighted by molar-refractivity contribution is -0.140. The van der Waals surface area contributed by atoms with E-state index in [4.69, 9.17) is 16.3 Å². The second-order valence-electron chi connectivity index (χ2n) is 8.19. The van der Waals surface area contributed by atoms with Gasteiger partial charge in [0.05, 0.1) is 17.7 Å². The highest BCUT2D eigenvalue weighted by Gasteiger charge is 2.34. The zero-order valence-corrected chi connectivity index (χ0v) is 22.5. The van der Waals surface area contributed by atoms with Gasteiger partial charge in [0.15, 0.2) is 0 Å². The van der Waals surface area contributed by atoms with Gasteiger partial charge in [-0.25, -0.2) is 8.42 Å². The molecule has 0 fully saturated rings. The quantitative estimate of drug-likeness (QED) is 0.393. The van der Waals surface area contributed by atoms with E-state index in [0.29, 0.717) is 6.42 Å². The number of ether oxygens (including phenoxy) is 1. The van der Waals surface area contributed by atoms with Gasteiger partial charge in [-0.2, -0.15) is 0 Å². The Hall–Kier alpha value is -3.56. The van der Waals surface area contributed by atoms with Crippen LogP contribution in [0.15, 0.2) is 83.8 Å². The van der Waals surface area contributed by atoms with Crippen LogP contribution in [-0.4, -0.2) is 51.9 Å². The number of nitrogens with one attached hydrogen (secondary N) is 1. The zero-order valence-electron chi connectivity index (χ0n) is 20.9. The normalized spacial score (nSPS) is 11.9. The highest BCUT2D eigenvalue weighted by molar-refractivity contribution is 7.92. The predicted octanol–water partition coefficient (Wildman–Crippen LogP) is 4.10. The summed E-state index contributed by atoms with van der Waals surface area (Å²) in [4.78, 5) is 28.0. The number of likely N-dealkylation sites (N-methyl/N-ethyl adjacent to an activating group) is 1. The Kier molecular flexibility index (Phi) is 9.54. The van der Waals surface area contributed by atoms with E-state index in [-0.39, 0.29) is 33.8 Å². The summed E-state index contributed by atoms with van der Waals surface area (Å²) >= 11 is 6.23. The third-order valence-corrected chi connectivity index (χ3v) is 7.86. The lowest BCUT2D eigenvalue weighted by Crippen LogP contribution is -2.51. The fourth-order valence-corrected chi connectivity index (χ4v) is 5.56. The molecule has 1 N–H and O–H groups in total. The summed E-state index contributed by atoms with van der Waals surface area (Å²) in [7, 11) is -1.31. The minimum Gasteiger partial charge on any atom is -0.495 e. The molecule has 3 aromatic carbocycles. The molecule has 0 bridgehead atoms. The second-order valence-corrected chi connectivity index (χ2v) is 10.5. The molecule has 1 atom stereocenters. The molecule has 0 radical (unpaired) electrons. The summed E-state index contributed by atoms with van der Waals surface area (Å²) in [5.74, 6) is -0.671. The van der Waals surface area contributed by atoms with Crippen LogP contribution in [0.25, 0.3) is 0 Å². The molecule has 196 valence electrons. The van der Waals surface area contributed by atoms with E-state index >= 15 is 0 Å². The van der Waals surface area contributed by atoms with Crippen molar-refractivity contribution in [2.24, 2.45) is 0 Å². The first kappa shape index (κ1) is 28.0. The summed E-state index contributed by atoms with van der Waals surface area (Å²) in [6.07, 6.45) is 0.337. The smallest absolute Gasteiger partial charge is 0.264 e. The topological polar surface area (TPSA) is 96.0 Å². The molecule has 0 aliphatic heterocycles. The lowest BCUT2D eigenvalue weighted by Gasteiger charge is -2.33. The van der Waals surface area contributed by atoms with Crippen molar-refractivity contribution in [2.75, 3.05) is 25.0 Å². The maximum Gasteiger partial charge on any atom is 0.264 e. The number of rotatable bonds is 11. The number of hydrogen-bond donors (Lipinski definition) is 1. The molecule has 0 saturated carbocycles. The van der Waals surface area contributed by atoms with E-state index < -0.39 is 28.5 Å². The maximum atomic E-state index is 13.9. The molecule has 8 nitrogen and oxygen atoms in total. The van der Waals surface area contributed by atoms with Gasteiger partial charge in [-0.3, -0.25) is 13.9 Å². The standard InChI is InChI=1S/C27H30ClN3O5S/c1-4-23(27(33)29-2)30(18-20-11-7-5-8-12-20)26(32)19-31(24-17-21(28)15-16-25(24)36-3)37(34,35)22-13-9-6-10-14-22/h5-17,23H,4,18-19H2,1-3H3,(H,29,33). The van der Waals surface area contributed by atoms with Crippen LogP contribution in [0.4, 0.5) is 5.69 Å². The first-order valence-electron chi connectivity index (χ1n) is 11.7. The van der Waals surface area contributed by atoms with E-state index in [1.54, 1.807) is 31.2 Å². The lowest BCUT2D eigenvalue weighted by atomic mass is 10.1. The van der Waals surface area contributed by atoms with E-state index in [9.17, 15) is 18.0 Å². The number of sulfonamides is 1. The van der Waals surface area contributed by atoms with Crippen LogP contribution in [-0.2, 0) is 26.2 Å². The third-order valence-electron chi connectivity index (χ3n) is 5.85. The Morgan fingerprint density at radius 3 is 2.19 bits per heavy atom. The van der Waals surface area contributed by atoms with Crippen molar-refractivity contribution in [1.29, 1.82) is 0 Å². The van der Waals surface area contributed by atoms with Gasteiger partial charge >= 0.3 is 0 Å². The van der Waals surface area contributed by atoms with Crippen molar-refractivity contribution < 1.29 is 22.7 Å². The van der Waals surface area contributed by atoms with Gasteiger partial charge in [-0.1, -0.05) is 67.1 Å². The molecule has 0 heterocycles. The zero-order chi connectivity index (χ0) is 27.0. The molecule has 0 aromatic heterocycles. The van der Waals surface area contributed by atoms with Crippen LogP contribution in [0.5, 0.6) is 5.75 Å². The molecule has 10 heteroatoms. The van der Waals surface area contributed by atoms with Crippen molar-refractivity contribution in [3.63, 3.8) is 0 Å². The fourth-order valence-electron chi connectivity index (χ4n) is 3.96. The molecule has 1 unspecified atom stereocenters. The number of carbonyl (C=O) groups is 2. The van der Waals surface area contributed by atoms with Gasteiger partial charge < -0.3 is 15.0 Å². The fraction of sp³-hybridized carbons (Fsp3) is 0.259. The van der Waals surface area contributed by atoms with Crippen LogP contribution in [0.2, 0.25) is 5.02 Å². The van der Waals surface area contributed by atoms with Crippen molar-refractivity contribution in [3.8, 4) is 5.75 Å². The van der Waals surface area contributed by atoms with Gasteiger partial charge in [0.1, 0.15) is 18.3 Å². The average Bonchev–Trinajstić information content (AvgIpc) is 2.92. The Labute approximate surface area is 222 Å². The van der Waals surface area contributed by atoms with Crippen LogP contribution in [0, 0.1) is 0 Å². The number of hydrogen-bond acceptors (Lipinski definition) is 5. The van der Waals surface area contributed by atoms with Crippen molar-refractivity contribution in [2.45, 2.75) is 30.8 Å². The summed E-state index contributed by atoms with van der Waals surface area (Å²) < 4.78 is 34.1. The number of nitrogens with zero attached hydrogens (tertiary/aromatic N) is 2.